The Balaban J connectivity index is 1.49. The number of benzene rings is 3. The maximum Gasteiger partial charge on any atom is 0.298 e. The molecule has 1 aliphatic rings. The summed E-state index contributed by atoms with van der Waals surface area (Å²) in [4.78, 5) is 26.6. The number of nitrogens with zero attached hydrogens (tertiary/aromatic N) is 1. The average Bonchev–Trinajstić information content (AvgIpc) is 3.02. The Morgan fingerprint density at radius 2 is 1.57 bits per heavy atom. The fourth-order valence-corrected chi connectivity index (χ4v) is 3.97. The zero-order chi connectivity index (χ0) is 21.1. The standard InChI is InChI=1S/C23H15Cl2NO3S/c24-17-6-4-15(5-7-17)14-29-20-3-1-2-16(12-20)13-21-22(27)26(23(28)30-21)19-10-8-18(25)9-11-19/h1-13H,14H2/b21-13-. The molecular formula is C23H15Cl2NO3S. The van der Waals surface area contributed by atoms with Gasteiger partial charge in [-0.05, 0) is 77.5 Å². The van der Waals surface area contributed by atoms with Gasteiger partial charge in [0.2, 0.25) is 0 Å². The number of hydrogen-bond acceptors (Lipinski definition) is 4. The first kappa shape index (κ1) is 20.5. The van der Waals surface area contributed by atoms with Gasteiger partial charge in [0.25, 0.3) is 11.1 Å². The molecule has 30 heavy (non-hydrogen) atoms. The van der Waals surface area contributed by atoms with Crippen molar-refractivity contribution in [2.75, 3.05) is 4.90 Å². The van der Waals surface area contributed by atoms with Gasteiger partial charge < -0.3 is 4.74 Å². The molecule has 1 aliphatic heterocycles. The Labute approximate surface area is 188 Å². The molecule has 4 nitrogen and oxygen atoms in total. The Morgan fingerprint density at radius 1 is 0.900 bits per heavy atom. The molecule has 2 amide bonds. The lowest BCUT2D eigenvalue weighted by Crippen LogP contribution is -2.27. The van der Waals surface area contributed by atoms with Crippen LogP contribution in [0.5, 0.6) is 5.75 Å². The van der Waals surface area contributed by atoms with Crippen molar-refractivity contribution in [1.29, 1.82) is 0 Å². The van der Waals surface area contributed by atoms with Gasteiger partial charge in [0.15, 0.2) is 0 Å². The van der Waals surface area contributed by atoms with Crippen LogP contribution in [0, 0.1) is 0 Å². The SMILES string of the molecule is O=C1S/C(=C\c2cccc(OCc3ccc(Cl)cc3)c2)C(=O)N1c1ccc(Cl)cc1. The summed E-state index contributed by atoms with van der Waals surface area (Å²) in [5.74, 6) is 0.301. The number of imide groups is 1. The van der Waals surface area contributed by atoms with Crippen molar-refractivity contribution in [2.45, 2.75) is 6.61 Å². The first-order valence-corrected chi connectivity index (χ1v) is 10.6. The van der Waals surface area contributed by atoms with Gasteiger partial charge in [-0.2, -0.15) is 0 Å². The van der Waals surface area contributed by atoms with Gasteiger partial charge in [0, 0.05) is 10.0 Å². The van der Waals surface area contributed by atoms with Crippen LogP contribution in [-0.2, 0) is 11.4 Å². The third-order valence-electron chi connectivity index (χ3n) is 4.35. The minimum Gasteiger partial charge on any atom is -0.489 e. The maximum absolute atomic E-state index is 12.8. The van der Waals surface area contributed by atoms with E-state index in [4.69, 9.17) is 27.9 Å². The molecule has 0 atom stereocenters. The van der Waals surface area contributed by atoms with Gasteiger partial charge in [-0.3, -0.25) is 9.59 Å². The molecule has 7 heteroatoms. The fourth-order valence-electron chi connectivity index (χ4n) is 2.87. The van der Waals surface area contributed by atoms with Crippen LogP contribution in [0.3, 0.4) is 0 Å². The predicted molar refractivity (Wildman–Crippen MR) is 122 cm³/mol. The summed E-state index contributed by atoms with van der Waals surface area (Å²) >= 11 is 12.7. The quantitative estimate of drug-likeness (QED) is 0.396. The smallest absolute Gasteiger partial charge is 0.298 e. The zero-order valence-corrected chi connectivity index (χ0v) is 17.9. The molecule has 0 radical (unpaired) electrons. The number of ether oxygens (including phenoxy) is 1. The topological polar surface area (TPSA) is 46.6 Å². The van der Waals surface area contributed by atoms with Crippen LogP contribution in [0.15, 0.2) is 77.7 Å². The van der Waals surface area contributed by atoms with Crippen LogP contribution in [0.4, 0.5) is 10.5 Å². The van der Waals surface area contributed by atoms with Crippen molar-refractivity contribution < 1.29 is 14.3 Å². The Morgan fingerprint density at radius 3 is 2.27 bits per heavy atom. The number of halogens is 2. The molecule has 0 bridgehead atoms. The fraction of sp³-hybridized carbons (Fsp3) is 0.0435. The van der Waals surface area contributed by atoms with Crippen molar-refractivity contribution >= 4 is 57.9 Å². The monoisotopic (exact) mass is 455 g/mol. The zero-order valence-electron chi connectivity index (χ0n) is 15.5. The first-order valence-electron chi connectivity index (χ1n) is 9.00. The van der Waals surface area contributed by atoms with E-state index in [1.54, 1.807) is 30.3 Å². The lowest BCUT2D eigenvalue weighted by Gasteiger charge is -2.12. The van der Waals surface area contributed by atoms with E-state index in [9.17, 15) is 9.59 Å². The van der Waals surface area contributed by atoms with Gasteiger partial charge >= 0.3 is 0 Å². The maximum atomic E-state index is 12.8. The highest BCUT2D eigenvalue weighted by atomic mass is 35.5. The summed E-state index contributed by atoms with van der Waals surface area (Å²) in [7, 11) is 0. The van der Waals surface area contributed by atoms with Crippen LogP contribution < -0.4 is 9.64 Å². The van der Waals surface area contributed by atoms with Crippen molar-refractivity contribution in [2.24, 2.45) is 0 Å². The van der Waals surface area contributed by atoms with E-state index in [1.165, 1.54) is 0 Å². The predicted octanol–water partition coefficient (Wildman–Crippen LogP) is 6.81. The molecule has 150 valence electrons. The van der Waals surface area contributed by atoms with E-state index >= 15 is 0 Å². The number of carbonyl (C=O) groups excluding carboxylic acids is 2. The molecule has 1 saturated heterocycles. The molecule has 1 fully saturated rings. The molecular weight excluding hydrogens is 441 g/mol. The number of amides is 2. The number of carbonyl (C=O) groups is 2. The molecule has 0 spiro atoms. The van der Waals surface area contributed by atoms with Gasteiger partial charge in [-0.15, -0.1) is 0 Å². The van der Waals surface area contributed by atoms with E-state index in [0.717, 1.165) is 27.8 Å². The van der Waals surface area contributed by atoms with Crippen molar-refractivity contribution in [3.63, 3.8) is 0 Å². The Kier molecular flexibility index (Phi) is 6.13. The third-order valence-corrected chi connectivity index (χ3v) is 5.73. The molecule has 0 N–H and O–H groups in total. The largest absolute Gasteiger partial charge is 0.489 e. The first-order chi connectivity index (χ1) is 14.5. The van der Waals surface area contributed by atoms with E-state index in [2.05, 4.69) is 0 Å². The van der Waals surface area contributed by atoms with Gasteiger partial charge in [-0.25, -0.2) is 4.90 Å². The molecule has 0 unspecified atom stereocenters. The highest BCUT2D eigenvalue weighted by Gasteiger charge is 2.36. The van der Waals surface area contributed by atoms with Gasteiger partial charge in [-0.1, -0.05) is 47.5 Å². The molecule has 4 rings (SSSR count). The lowest BCUT2D eigenvalue weighted by atomic mass is 10.2. The van der Waals surface area contributed by atoms with E-state index in [1.807, 2.05) is 48.5 Å². The van der Waals surface area contributed by atoms with Crippen LogP contribution >= 0.6 is 35.0 Å². The molecule has 0 saturated carbocycles. The summed E-state index contributed by atoms with van der Waals surface area (Å²) in [6.07, 6.45) is 1.69. The Bertz CT molecular complexity index is 1130. The molecule has 3 aromatic carbocycles. The normalized spacial score (nSPS) is 15.1. The van der Waals surface area contributed by atoms with Crippen LogP contribution in [-0.4, -0.2) is 11.1 Å². The van der Waals surface area contributed by atoms with Gasteiger partial charge in [0.1, 0.15) is 12.4 Å². The summed E-state index contributed by atoms with van der Waals surface area (Å²) in [6, 6.07) is 21.4. The van der Waals surface area contributed by atoms with Crippen LogP contribution in [0.25, 0.3) is 6.08 Å². The number of anilines is 1. The minimum absolute atomic E-state index is 0.344. The second-order valence-electron chi connectivity index (χ2n) is 6.48. The highest BCUT2D eigenvalue weighted by Crippen LogP contribution is 2.36. The average molecular weight is 456 g/mol. The lowest BCUT2D eigenvalue weighted by molar-refractivity contribution is -0.113. The minimum atomic E-state index is -0.361. The highest BCUT2D eigenvalue weighted by molar-refractivity contribution is 8.19. The Hall–Kier alpha value is -2.73. The number of rotatable bonds is 5. The molecule has 3 aromatic rings. The van der Waals surface area contributed by atoms with Crippen molar-refractivity contribution in [1.82, 2.24) is 0 Å². The second kappa shape index (κ2) is 8.96. The molecule has 0 aromatic heterocycles. The van der Waals surface area contributed by atoms with Crippen molar-refractivity contribution in [3.05, 3.63) is 98.9 Å². The summed E-state index contributed by atoms with van der Waals surface area (Å²) in [5, 5.41) is 0.869. The van der Waals surface area contributed by atoms with Crippen LogP contribution in [0.1, 0.15) is 11.1 Å². The summed E-state index contributed by atoms with van der Waals surface area (Å²) in [5.41, 5.74) is 2.25. The van der Waals surface area contributed by atoms with Crippen molar-refractivity contribution in [3.8, 4) is 5.75 Å². The summed E-state index contributed by atoms with van der Waals surface area (Å²) < 4.78 is 5.83. The van der Waals surface area contributed by atoms with Gasteiger partial charge in [0.05, 0.1) is 10.6 Å². The second-order valence-corrected chi connectivity index (χ2v) is 8.35. The van der Waals surface area contributed by atoms with E-state index in [0.29, 0.717) is 33.0 Å². The molecule has 1 heterocycles. The number of hydrogen-bond donors (Lipinski definition) is 0. The van der Waals surface area contributed by atoms with E-state index < -0.39 is 0 Å². The number of thioether (sulfide) groups is 1. The third kappa shape index (κ3) is 4.70. The molecule has 0 aliphatic carbocycles. The van der Waals surface area contributed by atoms with Crippen LogP contribution in [0.2, 0.25) is 10.0 Å². The summed E-state index contributed by atoms with van der Waals surface area (Å²) in [6.45, 7) is 0.397. The van der Waals surface area contributed by atoms with E-state index in [-0.39, 0.29) is 11.1 Å².